The second-order valence-electron chi connectivity index (χ2n) is 6.09. The van der Waals surface area contributed by atoms with Gasteiger partial charge in [-0.2, -0.15) is 0 Å². The van der Waals surface area contributed by atoms with Crippen LogP contribution >= 0.6 is 0 Å². The van der Waals surface area contributed by atoms with E-state index in [1.165, 1.54) is 0 Å². The van der Waals surface area contributed by atoms with Gasteiger partial charge in [0.2, 0.25) is 0 Å². The molecule has 1 rings (SSSR count). The number of nitrogens with one attached hydrogen (secondary N) is 1. The Hall–Kier alpha value is -0.870. The van der Waals surface area contributed by atoms with Crippen molar-refractivity contribution in [2.75, 3.05) is 19.8 Å². The SMILES string of the molecule is CC(=CCCNC(C)(C)C)C(=O)OCC1CCCO1. The lowest BCUT2D eigenvalue weighted by molar-refractivity contribution is -0.142. The van der Waals surface area contributed by atoms with E-state index in [1.54, 1.807) is 6.92 Å². The normalized spacial score (nSPS) is 20.6. The molecule has 110 valence electrons. The zero-order valence-corrected chi connectivity index (χ0v) is 12.6. The molecule has 0 aromatic heterocycles. The highest BCUT2D eigenvalue weighted by Crippen LogP contribution is 2.12. The number of hydrogen-bond acceptors (Lipinski definition) is 4. The van der Waals surface area contributed by atoms with Crippen LogP contribution in [0.2, 0.25) is 0 Å². The van der Waals surface area contributed by atoms with Crippen LogP contribution in [0.4, 0.5) is 0 Å². The van der Waals surface area contributed by atoms with Crippen molar-refractivity contribution in [1.29, 1.82) is 0 Å². The van der Waals surface area contributed by atoms with Crippen molar-refractivity contribution >= 4 is 5.97 Å². The van der Waals surface area contributed by atoms with Crippen LogP contribution in [0.15, 0.2) is 11.6 Å². The second-order valence-corrected chi connectivity index (χ2v) is 6.09. The van der Waals surface area contributed by atoms with Crippen LogP contribution in [0.1, 0.15) is 47.0 Å². The molecule has 0 bridgehead atoms. The van der Waals surface area contributed by atoms with Crippen molar-refractivity contribution < 1.29 is 14.3 Å². The minimum absolute atomic E-state index is 0.0966. The molecule has 1 fully saturated rings. The molecule has 0 amide bonds. The van der Waals surface area contributed by atoms with Crippen molar-refractivity contribution in [3.8, 4) is 0 Å². The Morgan fingerprint density at radius 3 is 2.79 bits per heavy atom. The summed E-state index contributed by atoms with van der Waals surface area (Å²) in [6.07, 6.45) is 4.91. The molecule has 0 aromatic carbocycles. The zero-order chi connectivity index (χ0) is 14.3. The first-order valence-corrected chi connectivity index (χ1v) is 7.09. The van der Waals surface area contributed by atoms with E-state index in [1.807, 2.05) is 6.08 Å². The fraction of sp³-hybridized carbons (Fsp3) is 0.800. The Morgan fingerprint density at radius 1 is 1.47 bits per heavy atom. The lowest BCUT2D eigenvalue weighted by Gasteiger charge is -2.19. The van der Waals surface area contributed by atoms with Crippen molar-refractivity contribution in [2.24, 2.45) is 0 Å². The average molecular weight is 269 g/mol. The lowest BCUT2D eigenvalue weighted by Crippen LogP contribution is -2.36. The smallest absolute Gasteiger partial charge is 0.333 e. The van der Waals surface area contributed by atoms with Gasteiger partial charge in [0.05, 0.1) is 6.10 Å². The molecule has 4 heteroatoms. The standard InChI is InChI=1S/C15H27NO3/c1-12(7-5-9-16-15(2,3)4)14(17)19-11-13-8-6-10-18-13/h7,13,16H,5-6,8-11H2,1-4H3. The van der Waals surface area contributed by atoms with Gasteiger partial charge in [0, 0.05) is 17.7 Å². The Labute approximate surface area is 116 Å². The number of esters is 1. The van der Waals surface area contributed by atoms with Crippen molar-refractivity contribution in [3.05, 3.63) is 11.6 Å². The van der Waals surface area contributed by atoms with Crippen LogP contribution in [-0.4, -0.2) is 37.4 Å². The van der Waals surface area contributed by atoms with Gasteiger partial charge in [0.25, 0.3) is 0 Å². The van der Waals surface area contributed by atoms with Crippen molar-refractivity contribution in [3.63, 3.8) is 0 Å². The van der Waals surface area contributed by atoms with E-state index in [-0.39, 0.29) is 17.6 Å². The predicted molar refractivity (Wildman–Crippen MR) is 76.1 cm³/mol. The Bertz CT molecular complexity index is 312. The summed E-state index contributed by atoms with van der Waals surface area (Å²) in [7, 11) is 0. The maximum atomic E-state index is 11.7. The highest BCUT2D eigenvalue weighted by Gasteiger charge is 2.17. The Kier molecular flexibility index (Phi) is 6.52. The van der Waals surface area contributed by atoms with E-state index in [9.17, 15) is 4.79 Å². The molecule has 1 saturated heterocycles. The van der Waals surface area contributed by atoms with E-state index in [0.717, 1.165) is 32.4 Å². The average Bonchev–Trinajstić information content (AvgIpc) is 2.83. The molecule has 0 aliphatic carbocycles. The number of hydrogen-bond donors (Lipinski definition) is 1. The van der Waals surface area contributed by atoms with Crippen LogP contribution in [0.25, 0.3) is 0 Å². The summed E-state index contributed by atoms with van der Waals surface area (Å²) in [6.45, 7) is 10.2. The summed E-state index contributed by atoms with van der Waals surface area (Å²) in [5.41, 5.74) is 0.788. The number of rotatable bonds is 6. The first-order valence-electron chi connectivity index (χ1n) is 7.09. The molecule has 19 heavy (non-hydrogen) atoms. The fourth-order valence-corrected chi connectivity index (χ4v) is 1.88. The fourth-order valence-electron chi connectivity index (χ4n) is 1.88. The van der Waals surface area contributed by atoms with Crippen molar-refractivity contribution in [1.82, 2.24) is 5.32 Å². The molecular formula is C15H27NO3. The second kappa shape index (κ2) is 7.65. The van der Waals surface area contributed by atoms with E-state index >= 15 is 0 Å². The molecular weight excluding hydrogens is 242 g/mol. The molecule has 1 N–H and O–H groups in total. The molecule has 0 radical (unpaired) electrons. The molecule has 1 aliphatic rings. The van der Waals surface area contributed by atoms with Crippen LogP contribution in [0.3, 0.4) is 0 Å². The first-order chi connectivity index (χ1) is 8.88. The quantitative estimate of drug-likeness (QED) is 0.457. The highest BCUT2D eigenvalue weighted by atomic mass is 16.6. The Morgan fingerprint density at radius 2 is 2.21 bits per heavy atom. The van der Waals surface area contributed by atoms with Gasteiger partial charge < -0.3 is 14.8 Å². The third kappa shape index (κ3) is 7.33. The van der Waals surface area contributed by atoms with E-state index < -0.39 is 0 Å². The van der Waals surface area contributed by atoms with Crippen LogP contribution in [0.5, 0.6) is 0 Å². The molecule has 1 atom stereocenters. The molecule has 0 saturated carbocycles. The van der Waals surface area contributed by atoms with Crippen LogP contribution in [0, 0.1) is 0 Å². The van der Waals surface area contributed by atoms with Gasteiger partial charge in [-0.3, -0.25) is 0 Å². The van der Waals surface area contributed by atoms with E-state index in [4.69, 9.17) is 9.47 Å². The van der Waals surface area contributed by atoms with Gasteiger partial charge in [-0.25, -0.2) is 4.79 Å². The monoisotopic (exact) mass is 269 g/mol. The Balaban J connectivity index is 2.19. The summed E-state index contributed by atoms with van der Waals surface area (Å²) >= 11 is 0. The molecule has 4 nitrogen and oxygen atoms in total. The topological polar surface area (TPSA) is 47.6 Å². The molecule has 1 unspecified atom stereocenters. The van der Waals surface area contributed by atoms with E-state index in [2.05, 4.69) is 26.1 Å². The predicted octanol–water partition coefficient (Wildman–Crippen LogP) is 2.43. The third-order valence-electron chi connectivity index (χ3n) is 3.00. The maximum Gasteiger partial charge on any atom is 0.333 e. The molecule has 1 aliphatic heterocycles. The zero-order valence-electron chi connectivity index (χ0n) is 12.6. The number of ether oxygens (including phenoxy) is 2. The summed E-state index contributed by atoms with van der Waals surface area (Å²) in [5, 5.41) is 3.38. The first kappa shape index (κ1) is 16.2. The number of carbonyl (C=O) groups is 1. The van der Waals surface area contributed by atoms with Gasteiger partial charge in [0.15, 0.2) is 0 Å². The molecule has 1 heterocycles. The van der Waals surface area contributed by atoms with Gasteiger partial charge in [-0.15, -0.1) is 0 Å². The molecule has 0 aromatic rings. The summed E-state index contributed by atoms with van der Waals surface area (Å²) < 4.78 is 10.6. The minimum atomic E-state index is -0.230. The maximum absolute atomic E-state index is 11.7. The lowest BCUT2D eigenvalue weighted by atomic mass is 10.1. The summed E-state index contributed by atoms with van der Waals surface area (Å²) in [6, 6.07) is 0. The van der Waals surface area contributed by atoms with E-state index in [0.29, 0.717) is 12.2 Å². The van der Waals surface area contributed by atoms with Crippen LogP contribution < -0.4 is 5.32 Å². The van der Waals surface area contributed by atoms with Gasteiger partial charge >= 0.3 is 5.97 Å². The summed E-state index contributed by atoms with van der Waals surface area (Å²) in [5.74, 6) is -0.230. The van der Waals surface area contributed by atoms with Crippen LogP contribution in [-0.2, 0) is 14.3 Å². The van der Waals surface area contributed by atoms with Gasteiger partial charge in [-0.05, 0) is 53.5 Å². The molecule has 0 spiro atoms. The van der Waals surface area contributed by atoms with Crippen molar-refractivity contribution in [2.45, 2.75) is 58.6 Å². The van der Waals surface area contributed by atoms with Gasteiger partial charge in [0.1, 0.15) is 6.61 Å². The third-order valence-corrected chi connectivity index (χ3v) is 3.00. The summed E-state index contributed by atoms with van der Waals surface area (Å²) in [4.78, 5) is 11.7. The largest absolute Gasteiger partial charge is 0.460 e. The van der Waals surface area contributed by atoms with Gasteiger partial charge in [-0.1, -0.05) is 6.08 Å². The highest BCUT2D eigenvalue weighted by molar-refractivity contribution is 5.87. The number of carbonyl (C=O) groups excluding carboxylic acids is 1. The minimum Gasteiger partial charge on any atom is -0.460 e.